The average molecular weight is 351 g/mol. The van der Waals surface area contributed by atoms with Gasteiger partial charge in [0.15, 0.2) is 0 Å². The second-order valence-corrected chi connectivity index (χ2v) is 9.50. The smallest absolute Gasteiger partial charge is 0.135 e. The Bertz CT molecular complexity index is 117. The Morgan fingerprint density at radius 3 is 2.27 bits per heavy atom. The predicted octanol–water partition coefficient (Wildman–Crippen LogP) is 4.46. The molecule has 0 bridgehead atoms. The third-order valence-electron chi connectivity index (χ3n) is 1.19. The summed E-state index contributed by atoms with van der Waals surface area (Å²) in [5, 5.41) is 8.32. The van der Waals surface area contributed by atoms with Gasteiger partial charge in [0.25, 0.3) is 0 Å². The summed E-state index contributed by atoms with van der Waals surface area (Å²) in [4.78, 5) is 0. The van der Waals surface area contributed by atoms with Crippen LogP contribution in [0.15, 0.2) is 12.3 Å². The number of hydrogen-bond acceptors (Lipinski definition) is 1. The summed E-state index contributed by atoms with van der Waals surface area (Å²) in [5.41, 5.74) is 0. The number of rotatable bonds is 4. The summed E-state index contributed by atoms with van der Waals surface area (Å²) in [5.74, 6) is 0. The van der Waals surface area contributed by atoms with Crippen LogP contribution in [0.5, 0.6) is 0 Å². The fourth-order valence-corrected chi connectivity index (χ4v) is 1.50. The van der Waals surface area contributed by atoms with Crippen LogP contribution in [0.3, 0.4) is 0 Å². The molecule has 0 aromatic heterocycles. The zero-order valence-corrected chi connectivity index (χ0v) is 10.8. The Morgan fingerprint density at radius 2 is 1.82 bits per heavy atom. The lowest BCUT2D eigenvalue weighted by Crippen LogP contribution is -1.97. The van der Waals surface area contributed by atoms with Gasteiger partial charge in [-0.25, -0.2) is 0 Å². The Hall–Kier alpha value is 0.980. The van der Waals surface area contributed by atoms with Crippen LogP contribution in [0.1, 0.15) is 25.7 Å². The summed E-state index contributed by atoms with van der Waals surface area (Å²) in [6.07, 6.45) is 7.04. The molecule has 0 amide bonds. The SMILES string of the molecule is OC=CCCCCC(Br)(Br)Br. The molecule has 0 fully saturated rings. The molecule has 0 heterocycles. The molecule has 66 valence electrons. The molecule has 0 saturated heterocycles. The van der Waals surface area contributed by atoms with Crippen LogP contribution < -0.4 is 0 Å². The minimum absolute atomic E-state index is 0.101. The molecule has 0 unspecified atom stereocenters. The number of unbranched alkanes of at least 4 members (excludes halogenated alkanes) is 2. The summed E-state index contributed by atoms with van der Waals surface area (Å²) in [6.45, 7) is 0. The summed E-state index contributed by atoms with van der Waals surface area (Å²) in [6, 6.07) is 0. The highest BCUT2D eigenvalue weighted by Crippen LogP contribution is 2.38. The second kappa shape index (κ2) is 6.49. The first-order chi connectivity index (χ1) is 5.06. The van der Waals surface area contributed by atoms with E-state index in [1.807, 2.05) is 0 Å². The highest BCUT2D eigenvalue weighted by Gasteiger charge is 2.15. The lowest BCUT2D eigenvalue weighted by Gasteiger charge is -2.09. The van der Waals surface area contributed by atoms with E-state index in [4.69, 9.17) is 5.11 Å². The topological polar surface area (TPSA) is 20.2 Å². The fraction of sp³-hybridized carbons (Fsp3) is 0.714. The molecule has 4 heteroatoms. The molecule has 0 atom stereocenters. The molecule has 0 aliphatic rings. The van der Waals surface area contributed by atoms with E-state index in [9.17, 15) is 0 Å². The van der Waals surface area contributed by atoms with Crippen molar-refractivity contribution in [3.05, 3.63) is 12.3 Å². The standard InChI is InChI=1S/C7H11Br3O/c8-7(9,10)5-3-1-2-4-6-11/h4,6,11H,1-3,5H2. The Balaban J connectivity index is 3.15. The van der Waals surface area contributed by atoms with E-state index in [1.165, 1.54) is 0 Å². The molecular weight excluding hydrogens is 340 g/mol. The van der Waals surface area contributed by atoms with Gasteiger partial charge < -0.3 is 5.11 Å². The largest absolute Gasteiger partial charge is 0.516 e. The first-order valence-electron chi connectivity index (χ1n) is 3.42. The lowest BCUT2D eigenvalue weighted by molar-refractivity contribution is 0.470. The minimum atomic E-state index is -0.101. The van der Waals surface area contributed by atoms with Gasteiger partial charge in [-0.15, -0.1) is 0 Å². The molecule has 0 aromatic carbocycles. The van der Waals surface area contributed by atoms with Gasteiger partial charge in [-0.05, 0) is 19.3 Å². The van der Waals surface area contributed by atoms with Crippen LogP contribution in [0.2, 0.25) is 0 Å². The molecule has 0 saturated carbocycles. The molecule has 1 nitrogen and oxygen atoms in total. The molecule has 0 spiro atoms. The van der Waals surface area contributed by atoms with Crippen LogP contribution >= 0.6 is 47.8 Å². The molecule has 0 aliphatic heterocycles. The van der Waals surface area contributed by atoms with Gasteiger partial charge >= 0.3 is 0 Å². The zero-order chi connectivity index (χ0) is 8.74. The molecular formula is C7H11Br3O. The van der Waals surface area contributed by atoms with Crippen LogP contribution in [0.25, 0.3) is 0 Å². The number of allylic oxidation sites excluding steroid dienone is 1. The van der Waals surface area contributed by atoms with E-state index in [2.05, 4.69) is 47.8 Å². The number of hydrogen-bond donors (Lipinski definition) is 1. The monoisotopic (exact) mass is 348 g/mol. The molecule has 0 rings (SSSR count). The van der Waals surface area contributed by atoms with Crippen LogP contribution in [-0.4, -0.2) is 7.25 Å². The third-order valence-corrected chi connectivity index (χ3v) is 2.38. The van der Waals surface area contributed by atoms with Crippen molar-refractivity contribution in [3.8, 4) is 0 Å². The van der Waals surface area contributed by atoms with Crippen molar-refractivity contribution >= 4 is 47.8 Å². The Kier molecular flexibility index (Phi) is 7.07. The highest BCUT2D eigenvalue weighted by atomic mass is 80.0. The normalized spacial score (nSPS) is 12.6. The van der Waals surface area contributed by atoms with Crippen molar-refractivity contribution in [2.24, 2.45) is 0 Å². The van der Waals surface area contributed by atoms with Gasteiger partial charge in [-0.3, -0.25) is 0 Å². The zero-order valence-electron chi connectivity index (χ0n) is 6.06. The van der Waals surface area contributed by atoms with Crippen LogP contribution in [0.4, 0.5) is 0 Å². The van der Waals surface area contributed by atoms with Crippen LogP contribution in [-0.2, 0) is 0 Å². The Labute approximate surface area is 92.6 Å². The van der Waals surface area contributed by atoms with Crippen molar-refractivity contribution in [2.45, 2.75) is 27.8 Å². The first-order valence-corrected chi connectivity index (χ1v) is 5.80. The highest BCUT2D eigenvalue weighted by molar-refractivity contribution is 9.39. The fourth-order valence-electron chi connectivity index (χ4n) is 0.662. The van der Waals surface area contributed by atoms with Crippen LogP contribution in [0, 0.1) is 0 Å². The van der Waals surface area contributed by atoms with Gasteiger partial charge in [0, 0.05) is 0 Å². The maximum atomic E-state index is 8.32. The van der Waals surface area contributed by atoms with E-state index in [-0.39, 0.29) is 2.14 Å². The molecule has 0 aromatic rings. The maximum Gasteiger partial charge on any atom is 0.135 e. The van der Waals surface area contributed by atoms with Crippen molar-refractivity contribution in [2.75, 3.05) is 0 Å². The molecule has 0 radical (unpaired) electrons. The predicted molar refractivity (Wildman–Crippen MR) is 59.7 cm³/mol. The van der Waals surface area contributed by atoms with Crippen molar-refractivity contribution in [3.63, 3.8) is 0 Å². The molecule has 0 aliphatic carbocycles. The number of halogens is 3. The van der Waals surface area contributed by atoms with Crippen molar-refractivity contribution in [1.82, 2.24) is 0 Å². The first kappa shape index (κ1) is 12.0. The van der Waals surface area contributed by atoms with Gasteiger partial charge in [-0.2, -0.15) is 0 Å². The van der Waals surface area contributed by atoms with E-state index >= 15 is 0 Å². The van der Waals surface area contributed by atoms with E-state index in [0.717, 1.165) is 31.9 Å². The summed E-state index contributed by atoms with van der Waals surface area (Å²) in [7, 11) is 0. The molecule has 11 heavy (non-hydrogen) atoms. The number of aliphatic hydroxyl groups is 1. The summed E-state index contributed by atoms with van der Waals surface area (Å²) < 4.78 is -0.101. The minimum Gasteiger partial charge on any atom is -0.516 e. The van der Waals surface area contributed by atoms with Gasteiger partial charge in [-0.1, -0.05) is 60.3 Å². The number of alkyl halides is 3. The lowest BCUT2D eigenvalue weighted by atomic mass is 10.2. The van der Waals surface area contributed by atoms with Gasteiger partial charge in [0.1, 0.15) is 2.14 Å². The quantitative estimate of drug-likeness (QED) is 0.451. The van der Waals surface area contributed by atoms with E-state index < -0.39 is 0 Å². The Morgan fingerprint density at radius 1 is 1.18 bits per heavy atom. The second-order valence-electron chi connectivity index (χ2n) is 2.25. The number of aliphatic hydroxyl groups excluding tert-OH is 1. The molecule has 1 N–H and O–H groups in total. The van der Waals surface area contributed by atoms with Crippen molar-refractivity contribution in [1.29, 1.82) is 0 Å². The maximum absolute atomic E-state index is 8.32. The third kappa shape index (κ3) is 11.0. The average Bonchev–Trinajstić information content (AvgIpc) is 1.85. The van der Waals surface area contributed by atoms with E-state index in [1.54, 1.807) is 6.08 Å². The van der Waals surface area contributed by atoms with Gasteiger partial charge in [0.05, 0.1) is 6.26 Å². The van der Waals surface area contributed by atoms with Gasteiger partial charge in [0.2, 0.25) is 0 Å². The summed E-state index contributed by atoms with van der Waals surface area (Å²) >= 11 is 10.2. The van der Waals surface area contributed by atoms with Crippen molar-refractivity contribution < 1.29 is 5.11 Å². The van der Waals surface area contributed by atoms with E-state index in [0.29, 0.717) is 0 Å².